The number of rotatable bonds is 14. The third kappa shape index (κ3) is 16.7. The number of hydrogen-bond donors (Lipinski definition) is 0. The van der Waals surface area contributed by atoms with Crippen molar-refractivity contribution in [3.05, 3.63) is 364 Å². The molecule has 0 saturated carbocycles. The summed E-state index contributed by atoms with van der Waals surface area (Å²) in [7, 11) is -27.5. The van der Waals surface area contributed by atoms with Crippen molar-refractivity contribution in [1.82, 2.24) is 0 Å². The van der Waals surface area contributed by atoms with Crippen LogP contribution in [-0.2, 0) is 0 Å². The Morgan fingerprint density at radius 2 is 0.278 bits per heavy atom. The van der Waals surface area contributed by atoms with Crippen LogP contribution in [0.5, 0.6) is 0 Å². The maximum Gasteiger partial charge on any atom is 0.228 e. The Balaban J connectivity index is 0.000000181. The van der Waals surface area contributed by atoms with E-state index in [2.05, 4.69) is 364 Å². The fraction of sp³-hybridized carbons (Fsp3) is 0. The molecule has 90 heavy (non-hydrogen) atoms. The van der Waals surface area contributed by atoms with Gasteiger partial charge in [-0.2, -0.15) is 0 Å². The summed E-state index contributed by atoms with van der Waals surface area (Å²) in [6, 6.07) is 131. The third-order valence-corrected chi connectivity index (χ3v) is 30.9. The summed E-state index contributed by atoms with van der Waals surface area (Å²) in [5.41, 5.74) is 0. The van der Waals surface area contributed by atoms with Crippen molar-refractivity contribution < 1.29 is 41.1 Å². The molecule has 0 spiro atoms. The van der Waals surface area contributed by atoms with Gasteiger partial charge in [-0.05, 0) is 72.8 Å². The van der Waals surface area contributed by atoms with Gasteiger partial charge in [0.15, 0.2) is 0 Å². The fourth-order valence-electron chi connectivity index (χ4n) is 10.5. The van der Waals surface area contributed by atoms with E-state index in [-0.39, 0.29) is 0 Å². The Kier molecular flexibility index (Phi) is 21.1. The molecule has 0 aliphatic carbocycles. The molecule has 0 aliphatic heterocycles. The molecular weight excluding hydrogens is 1260 g/mol. The largest absolute Gasteiger partial charge is 0.228 e. The Bertz CT molecular complexity index is 3560. The fourth-order valence-corrected chi connectivity index (χ4v) is 29.5. The van der Waals surface area contributed by atoms with Gasteiger partial charge in [0.25, 0.3) is 0 Å². The second kappa shape index (κ2) is 28.7. The van der Waals surface area contributed by atoms with E-state index in [1.165, 1.54) is 63.7 Å². The maximum absolute atomic E-state index is 9.86. The van der Waals surface area contributed by atoms with E-state index < -0.39 is 47.0 Å². The Morgan fingerprint density at radius 1 is 0.178 bits per heavy atom. The average molecular weight is 1320 g/mol. The first-order chi connectivity index (χ1) is 43.1. The van der Waals surface area contributed by atoms with Gasteiger partial charge in [-0.25, -0.2) is 0 Å². The minimum Gasteiger partial charge on any atom is -0.121 e. The molecule has 0 heterocycles. The van der Waals surface area contributed by atoms with Gasteiger partial charge < -0.3 is 0 Å². The number of benzene rings is 12. The first kappa shape index (κ1) is 66.1. The SMILES string of the molecule is F[Si-](F)(F)(F)F.F[Si-](F)(F)(F)F.c1ccc(P(=N[P+](c2ccccc2)(c2ccccc2)c2ccccc2)(c2ccccc2)c2ccccc2)cc1.c1ccc(P(=N[P+](c2ccccc2)(c2ccccc2)c2ccccc2)(c2ccccc2)c2ccccc2)cc1. The first-order valence-corrected chi connectivity index (χ1v) is 39.0. The van der Waals surface area contributed by atoms with E-state index in [0.717, 1.165) is 0 Å². The van der Waals surface area contributed by atoms with Gasteiger partial charge in [-0.3, -0.25) is 0 Å². The second-order valence-electron chi connectivity index (χ2n) is 20.2. The standard InChI is InChI=1S/2C36H30NP2.2F5Si/c2*1-7-19-31(20-8-1)38(32-21-9-2-10-22-32,33-23-11-3-12-24-33)37-39(34-25-13-4-14-26-34,35-27-15-5-16-28-35)36-29-17-6-18-30-36;2*1-6(2,3,4)5/h2*1-30H;;/q2*+1;2*-1. The normalized spacial score (nSPS) is 12.6. The molecule has 0 atom stereocenters. The molecule has 0 aromatic heterocycles. The van der Waals surface area contributed by atoms with Crippen LogP contribution in [0.1, 0.15) is 0 Å². The molecule has 0 bridgehead atoms. The summed E-state index contributed by atoms with van der Waals surface area (Å²) < 4.78 is 111. The quantitative estimate of drug-likeness (QED) is 0.0449. The van der Waals surface area contributed by atoms with Gasteiger partial charge in [0.05, 0.1) is 0 Å². The summed E-state index contributed by atoms with van der Waals surface area (Å²) in [6.07, 6.45) is 0. The van der Waals surface area contributed by atoms with Crippen molar-refractivity contribution in [3.63, 3.8) is 0 Å². The zero-order chi connectivity index (χ0) is 63.7. The van der Waals surface area contributed by atoms with E-state index in [9.17, 15) is 41.1 Å². The van der Waals surface area contributed by atoms with Crippen LogP contribution < -0.4 is 63.7 Å². The molecule has 0 fully saturated rings. The molecule has 0 N–H and O–H groups in total. The smallest absolute Gasteiger partial charge is 0.121 e. The molecule has 18 heteroatoms. The number of nitrogens with zero attached hydrogens (tertiary/aromatic N) is 2. The van der Waals surface area contributed by atoms with Gasteiger partial charge in [0, 0.05) is 31.8 Å². The monoisotopic (exact) mass is 1320 g/mol. The molecule has 0 unspecified atom stereocenters. The topological polar surface area (TPSA) is 24.7 Å². The summed E-state index contributed by atoms with van der Waals surface area (Å²) in [5.74, 6) is 0. The molecule has 12 aromatic carbocycles. The number of hydrogen-bond acceptors (Lipinski definition) is 2. The van der Waals surface area contributed by atoms with Crippen LogP contribution in [0.25, 0.3) is 0 Å². The molecule has 0 amide bonds. The molecule has 0 saturated heterocycles. The summed E-state index contributed by atoms with van der Waals surface area (Å²) in [4.78, 5) is 0. The zero-order valence-electron chi connectivity index (χ0n) is 48.1. The van der Waals surface area contributed by atoms with E-state index in [0.29, 0.717) is 0 Å². The minimum absolute atomic E-state index is 1.26. The van der Waals surface area contributed by atoms with E-state index in [4.69, 9.17) is 9.03 Å². The van der Waals surface area contributed by atoms with Gasteiger partial charge >= 0.3 is 59.1 Å². The summed E-state index contributed by atoms with van der Waals surface area (Å²) >= 11 is 0. The third-order valence-electron chi connectivity index (χ3n) is 14.1. The summed E-state index contributed by atoms with van der Waals surface area (Å²) in [6.45, 7) is 0. The molecule has 2 nitrogen and oxygen atoms in total. The number of halogens is 10. The first-order valence-electron chi connectivity index (χ1n) is 28.3. The minimum atomic E-state index is -8.75. The Labute approximate surface area is 521 Å². The van der Waals surface area contributed by atoms with Crippen LogP contribution in [0.2, 0.25) is 0 Å². The molecule has 0 radical (unpaired) electrons. The molecular formula is C72H60F10N2P4Si2. The van der Waals surface area contributed by atoms with Gasteiger partial charge in [-0.15, -0.1) is 9.03 Å². The van der Waals surface area contributed by atoms with Gasteiger partial charge in [0.2, 0.25) is 14.8 Å². The van der Waals surface area contributed by atoms with Crippen molar-refractivity contribution >= 4 is 111 Å². The predicted octanol–water partition coefficient (Wildman–Crippen LogP) is 17.6. The van der Waals surface area contributed by atoms with Crippen molar-refractivity contribution in [2.24, 2.45) is 9.03 Å². The van der Waals surface area contributed by atoms with E-state index >= 15 is 0 Å². The van der Waals surface area contributed by atoms with Crippen molar-refractivity contribution in [1.29, 1.82) is 0 Å². The van der Waals surface area contributed by atoms with E-state index in [1.807, 2.05) is 0 Å². The molecule has 456 valence electrons. The van der Waals surface area contributed by atoms with Gasteiger partial charge in [-0.1, -0.05) is 291 Å². The van der Waals surface area contributed by atoms with Crippen LogP contribution >= 0.6 is 28.9 Å². The molecule has 0 aliphatic rings. The van der Waals surface area contributed by atoms with Crippen molar-refractivity contribution in [3.8, 4) is 0 Å². The van der Waals surface area contributed by atoms with E-state index in [1.54, 1.807) is 0 Å². The Hall–Kier alpha value is -8.31. The van der Waals surface area contributed by atoms with Crippen LogP contribution in [0, 0.1) is 0 Å². The molecule has 12 rings (SSSR count). The average Bonchev–Trinajstić information content (AvgIpc) is 0.732. The zero-order valence-corrected chi connectivity index (χ0v) is 53.7. The van der Waals surface area contributed by atoms with Crippen LogP contribution in [-0.4, -0.2) is 18.0 Å². The van der Waals surface area contributed by atoms with Crippen LogP contribution in [0.4, 0.5) is 41.1 Å². The van der Waals surface area contributed by atoms with Crippen LogP contribution in [0.15, 0.2) is 373 Å². The molecule has 12 aromatic rings. The van der Waals surface area contributed by atoms with Crippen molar-refractivity contribution in [2.75, 3.05) is 0 Å². The summed E-state index contributed by atoms with van der Waals surface area (Å²) in [5, 5.41) is 15.1. The predicted molar refractivity (Wildman–Crippen MR) is 368 cm³/mol. The van der Waals surface area contributed by atoms with Gasteiger partial charge in [0.1, 0.15) is 45.9 Å². The second-order valence-corrected chi connectivity index (χ2v) is 35.7. The van der Waals surface area contributed by atoms with Crippen LogP contribution in [0.3, 0.4) is 0 Å². The van der Waals surface area contributed by atoms with Crippen molar-refractivity contribution in [2.45, 2.75) is 0 Å². The Morgan fingerprint density at radius 3 is 0.389 bits per heavy atom. The maximum atomic E-state index is 9.86.